The molecule has 1 aromatic rings. The maximum atomic E-state index is 5.80. The highest BCUT2D eigenvalue weighted by Gasteiger charge is 2.12. The van der Waals surface area contributed by atoms with Crippen LogP contribution in [0.4, 0.5) is 5.82 Å². The molecule has 82 valence electrons. The Morgan fingerprint density at radius 2 is 2.20 bits per heavy atom. The van der Waals surface area contributed by atoms with Crippen molar-refractivity contribution in [1.29, 1.82) is 0 Å². The summed E-state index contributed by atoms with van der Waals surface area (Å²) in [5, 5.41) is 0. The third-order valence-electron chi connectivity index (χ3n) is 2.68. The summed E-state index contributed by atoms with van der Waals surface area (Å²) in [6.45, 7) is 5.50. The number of anilines is 1. The zero-order valence-corrected chi connectivity index (χ0v) is 9.63. The van der Waals surface area contributed by atoms with E-state index in [9.17, 15) is 0 Å². The first kappa shape index (κ1) is 10.7. The molecule has 2 rings (SSSR count). The van der Waals surface area contributed by atoms with Crippen LogP contribution in [-0.2, 0) is 10.6 Å². The zero-order valence-electron chi connectivity index (χ0n) is 8.87. The number of halogens is 1. The van der Waals surface area contributed by atoms with Gasteiger partial charge in [-0.3, -0.25) is 0 Å². The van der Waals surface area contributed by atoms with Crippen molar-refractivity contribution in [2.75, 3.05) is 31.2 Å². The first-order chi connectivity index (χ1) is 7.31. The predicted molar refractivity (Wildman–Crippen MR) is 61.6 cm³/mol. The molecule has 2 heterocycles. The van der Waals surface area contributed by atoms with Crippen molar-refractivity contribution in [3.8, 4) is 0 Å². The van der Waals surface area contributed by atoms with Crippen LogP contribution in [-0.4, -0.2) is 31.3 Å². The number of hydrogen-bond acceptors (Lipinski definition) is 3. The smallest absolute Gasteiger partial charge is 0.128 e. The van der Waals surface area contributed by atoms with Crippen molar-refractivity contribution in [3.63, 3.8) is 0 Å². The second kappa shape index (κ2) is 4.81. The van der Waals surface area contributed by atoms with Gasteiger partial charge in [0.15, 0.2) is 0 Å². The van der Waals surface area contributed by atoms with E-state index < -0.39 is 0 Å². The maximum absolute atomic E-state index is 5.80. The molecule has 1 fully saturated rings. The quantitative estimate of drug-likeness (QED) is 0.721. The fourth-order valence-corrected chi connectivity index (χ4v) is 1.95. The highest BCUT2D eigenvalue weighted by molar-refractivity contribution is 6.17. The number of morpholine rings is 1. The van der Waals surface area contributed by atoms with Crippen LogP contribution in [0.15, 0.2) is 12.3 Å². The van der Waals surface area contributed by atoms with E-state index in [4.69, 9.17) is 16.3 Å². The Morgan fingerprint density at radius 3 is 2.80 bits per heavy atom. The van der Waals surface area contributed by atoms with E-state index in [1.807, 2.05) is 6.20 Å². The number of rotatable bonds is 2. The highest BCUT2D eigenvalue weighted by atomic mass is 35.5. The molecule has 4 heteroatoms. The minimum absolute atomic E-state index is 0.530. The fourth-order valence-electron chi connectivity index (χ4n) is 1.67. The van der Waals surface area contributed by atoms with Crippen molar-refractivity contribution in [2.24, 2.45) is 0 Å². The van der Waals surface area contributed by atoms with Crippen molar-refractivity contribution in [3.05, 3.63) is 23.4 Å². The van der Waals surface area contributed by atoms with Crippen LogP contribution < -0.4 is 4.90 Å². The summed E-state index contributed by atoms with van der Waals surface area (Å²) in [7, 11) is 0. The van der Waals surface area contributed by atoms with Gasteiger partial charge in [-0.05, 0) is 24.1 Å². The van der Waals surface area contributed by atoms with E-state index in [1.165, 1.54) is 5.56 Å². The third kappa shape index (κ3) is 2.41. The van der Waals surface area contributed by atoms with Crippen LogP contribution in [0.25, 0.3) is 0 Å². The van der Waals surface area contributed by atoms with E-state index in [0.717, 1.165) is 37.7 Å². The second-order valence-corrected chi connectivity index (χ2v) is 3.97. The minimum Gasteiger partial charge on any atom is -0.378 e. The normalized spacial score (nSPS) is 16.8. The fraction of sp³-hybridized carbons (Fsp3) is 0.545. The molecule has 0 unspecified atom stereocenters. The summed E-state index contributed by atoms with van der Waals surface area (Å²) in [6, 6.07) is 2.10. The first-order valence-corrected chi connectivity index (χ1v) is 5.69. The average molecular weight is 227 g/mol. The van der Waals surface area contributed by atoms with Gasteiger partial charge in [0, 0.05) is 25.2 Å². The van der Waals surface area contributed by atoms with E-state index in [2.05, 4.69) is 22.9 Å². The van der Waals surface area contributed by atoms with Crippen molar-refractivity contribution >= 4 is 17.4 Å². The number of pyridine rings is 1. The van der Waals surface area contributed by atoms with E-state index >= 15 is 0 Å². The number of ether oxygens (including phenoxy) is 1. The van der Waals surface area contributed by atoms with Gasteiger partial charge in [-0.15, -0.1) is 11.6 Å². The lowest BCUT2D eigenvalue weighted by atomic mass is 10.2. The standard InChI is InChI=1S/C11H15ClN2O/c1-9-6-11(13-8-10(9)7-12)14-2-4-15-5-3-14/h6,8H,2-5,7H2,1H3. The van der Waals surface area contributed by atoms with Crippen LogP contribution in [0, 0.1) is 6.92 Å². The topological polar surface area (TPSA) is 25.4 Å². The highest BCUT2D eigenvalue weighted by Crippen LogP contribution is 2.17. The Hall–Kier alpha value is -0.800. The lowest BCUT2D eigenvalue weighted by Gasteiger charge is -2.28. The molecule has 0 radical (unpaired) electrons. The monoisotopic (exact) mass is 226 g/mol. The van der Waals surface area contributed by atoms with Crippen molar-refractivity contribution < 1.29 is 4.74 Å². The molecule has 0 N–H and O–H groups in total. The molecule has 1 aromatic heterocycles. The number of nitrogens with zero attached hydrogens (tertiary/aromatic N) is 2. The minimum atomic E-state index is 0.530. The molecule has 0 amide bonds. The van der Waals surface area contributed by atoms with Gasteiger partial charge in [0.25, 0.3) is 0 Å². The number of hydrogen-bond donors (Lipinski definition) is 0. The third-order valence-corrected chi connectivity index (χ3v) is 2.97. The van der Waals surface area contributed by atoms with Crippen LogP contribution in [0.5, 0.6) is 0 Å². The number of alkyl halides is 1. The Morgan fingerprint density at radius 1 is 1.47 bits per heavy atom. The Balaban J connectivity index is 2.17. The SMILES string of the molecule is Cc1cc(N2CCOCC2)ncc1CCl. The van der Waals surface area contributed by atoms with E-state index in [-0.39, 0.29) is 0 Å². The van der Waals surface area contributed by atoms with Gasteiger partial charge in [-0.1, -0.05) is 0 Å². The molecule has 0 saturated carbocycles. The summed E-state index contributed by atoms with van der Waals surface area (Å²) in [5.41, 5.74) is 2.31. The molecular formula is C11H15ClN2O. The summed E-state index contributed by atoms with van der Waals surface area (Å²) in [6.07, 6.45) is 1.87. The average Bonchev–Trinajstić information content (AvgIpc) is 2.30. The lowest BCUT2D eigenvalue weighted by molar-refractivity contribution is 0.122. The van der Waals surface area contributed by atoms with Gasteiger partial charge in [0.05, 0.1) is 13.2 Å². The summed E-state index contributed by atoms with van der Waals surface area (Å²) < 4.78 is 5.31. The van der Waals surface area contributed by atoms with Crippen LogP contribution in [0.3, 0.4) is 0 Å². The Kier molecular flexibility index (Phi) is 3.44. The van der Waals surface area contributed by atoms with Gasteiger partial charge < -0.3 is 9.64 Å². The molecule has 0 spiro atoms. The zero-order chi connectivity index (χ0) is 10.7. The van der Waals surface area contributed by atoms with E-state index in [0.29, 0.717) is 5.88 Å². The summed E-state index contributed by atoms with van der Waals surface area (Å²) in [5.74, 6) is 1.56. The van der Waals surface area contributed by atoms with E-state index in [1.54, 1.807) is 0 Å². The number of aromatic nitrogens is 1. The number of aryl methyl sites for hydroxylation is 1. The molecule has 0 bridgehead atoms. The maximum Gasteiger partial charge on any atom is 0.128 e. The molecule has 0 aliphatic carbocycles. The van der Waals surface area contributed by atoms with Gasteiger partial charge in [0.1, 0.15) is 5.82 Å². The molecule has 1 aliphatic rings. The molecule has 1 aliphatic heterocycles. The van der Waals surface area contributed by atoms with Gasteiger partial charge in [-0.2, -0.15) is 0 Å². The molecule has 0 atom stereocenters. The molecular weight excluding hydrogens is 212 g/mol. The predicted octanol–water partition coefficient (Wildman–Crippen LogP) is 1.97. The summed E-state index contributed by atoms with van der Waals surface area (Å²) in [4.78, 5) is 6.66. The van der Waals surface area contributed by atoms with Crippen LogP contribution >= 0.6 is 11.6 Å². The molecule has 1 saturated heterocycles. The van der Waals surface area contributed by atoms with Crippen LogP contribution in [0.2, 0.25) is 0 Å². The van der Waals surface area contributed by atoms with Crippen LogP contribution in [0.1, 0.15) is 11.1 Å². The van der Waals surface area contributed by atoms with Gasteiger partial charge >= 0.3 is 0 Å². The van der Waals surface area contributed by atoms with Crippen molar-refractivity contribution in [2.45, 2.75) is 12.8 Å². The molecule has 3 nitrogen and oxygen atoms in total. The van der Waals surface area contributed by atoms with Gasteiger partial charge in [0.2, 0.25) is 0 Å². The van der Waals surface area contributed by atoms with Crippen molar-refractivity contribution in [1.82, 2.24) is 4.98 Å². The molecule has 0 aromatic carbocycles. The summed E-state index contributed by atoms with van der Waals surface area (Å²) >= 11 is 5.80. The largest absolute Gasteiger partial charge is 0.378 e. The lowest BCUT2D eigenvalue weighted by Crippen LogP contribution is -2.36. The molecule has 15 heavy (non-hydrogen) atoms. The Bertz CT molecular complexity index is 337. The Labute approximate surface area is 95.0 Å². The first-order valence-electron chi connectivity index (χ1n) is 5.15. The second-order valence-electron chi connectivity index (χ2n) is 3.70. The van der Waals surface area contributed by atoms with Gasteiger partial charge in [-0.25, -0.2) is 4.98 Å².